The molecule has 0 saturated heterocycles. The van der Waals surface area contributed by atoms with Crippen molar-refractivity contribution < 1.29 is 0 Å². The van der Waals surface area contributed by atoms with E-state index in [9.17, 15) is 0 Å². The predicted octanol–water partition coefficient (Wildman–Crippen LogP) is 3.67. The van der Waals surface area contributed by atoms with Crippen LogP contribution in [-0.4, -0.2) is 20.1 Å². The van der Waals surface area contributed by atoms with E-state index in [1.54, 1.807) is 0 Å². The van der Waals surface area contributed by atoms with Gasteiger partial charge in [-0.3, -0.25) is 0 Å². The molecule has 1 aromatic carbocycles. The second-order valence-corrected chi connectivity index (χ2v) is 5.26. The van der Waals surface area contributed by atoms with Crippen molar-refractivity contribution in [3.8, 4) is 0 Å². The molecule has 0 bridgehead atoms. The maximum absolute atomic E-state index is 3.68. The van der Waals surface area contributed by atoms with Crippen LogP contribution in [0.15, 0.2) is 18.2 Å². The van der Waals surface area contributed by atoms with Gasteiger partial charge < -0.3 is 10.2 Å². The number of anilines is 2. The fourth-order valence-corrected chi connectivity index (χ4v) is 2.49. The molecule has 2 nitrogen and oxygen atoms in total. The van der Waals surface area contributed by atoms with Gasteiger partial charge in [-0.1, -0.05) is 19.8 Å². The first-order valence-electron chi connectivity index (χ1n) is 6.77. The highest BCUT2D eigenvalue weighted by Crippen LogP contribution is 2.29. The van der Waals surface area contributed by atoms with Crippen LogP contribution in [0.5, 0.6) is 0 Å². The molecule has 0 saturated carbocycles. The van der Waals surface area contributed by atoms with Crippen molar-refractivity contribution in [1.29, 1.82) is 0 Å². The molecular formula is C15H24N2. The summed E-state index contributed by atoms with van der Waals surface area (Å²) >= 11 is 0. The number of hydrogen-bond donors (Lipinski definition) is 1. The van der Waals surface area contributed by atoms with Crippen molar-refractivity contribution >= 4 is 11.4 Å². The van der Waals surface area contributed by atoms with Crippen molar-refractivity contribution in [3.05, 3.63) is 23.8 Å². The average molecular weight is 232 g/mol. The average Bonchev–Trinajstić information content (AvgIpc) is 2.35. The minimum absolute atomic E-state index is 0.688. The summed E-state index contributed by atoms with van der Waals surface area (Å²) in [5.41, 5.74) is 4.13. The van der Waals surface area contributed by atoms with Gasteiger partial charge in [0.1, 0.15) is 0 Å². The Morgan fingerprint density at radius 2 is 2.18 bits per heavy atom. The monoisotopic (exact) mass is 232 g/mol. The van der Waals surface area contributed by atoms with Gasteiger partial charge in [-0.2, -0.15) is 0 Å². The molecule has 0 fully saturated rings. The van der Waals surface area contributed by atoms with E-state index in [-0.39, 0.29) is 0 Å². The minimum atomic E-state index is 0.688. The van der Waals surface area contributed by atoms with Crippen molar-refractivity contribution in [2.75, 3.05) is 24.3 Å². The first-order chi connectivity index (χ1) is 8.20. The number of hydrogen-bond acceptors (Lipinski definition) is 2. The fourth-order valence-electron chi connectivity index (χ4n) is 2.49. The van der Waals surface area contributed by atoms with Crippen molar-refractivity contribution in [2.24, 2.45) is 0 Å². The number of unbranched alkanes of at least 4 members (excludes halogenated alkanes) is 1. The van der Waals surface area contributed by atoms with Crippen LogP contribution in [0.3, 0.4) is 0 Å². The molecule has 2 rings (SSSR count). The highest BCUT2D eigenvalue weighted by Gasteiger charge is 2.17. The lowest BCUT2D eigenvalue weighted by atomic mass is 9.94. The highest BCUT2D eigenvalue weighted by atomic mass is 15.1. The summed E-state index contributed by atoms with van der Waals surface area (Å²) in [5.74, 6) is 0. The van der Waals surface area contributed by atoms with Gasteiger partial charge in [0.15, 0.2) is 0 Å². The van der Waals surface area contributed by atoms with Crippen LogP contribution in [0.25, 0.3) is 0 Å². The van der Waals surface area contributed by atoms with Gasteiger partial charge >= 0.3 is 0 Å². The first kappa shape index (κ1) is 12.3. The maximum atomic E-state index is 3.68. The molecule has 0 spiro atoms. The molecule has 1 unspecified atom stereocenters. The van der Waals surface area contributed by atoms with E-state index in [4.69, 9.17) is 0 Å². The quantitative estimate of drug-likeness (QED) is 0.852. The number of nitrogens with one attached hydrogen (secondary N) is 1. The molecule has 1 heterocycles. The van der Waals surface area contributed by atoms with E-state index >= 15 is 0 Å². The molecule has 94 valence electrons. The fraction of sp³-hybridized carbons (Fsp3) is 0.600. The van der Waals surface area contributed by atoms with Gasteiger partial charge in [0.05, 0.1) is 0 Å². The van der Waals surface area contributed by atoms with Crippen LogP contribution >= 0.6 is 0 Å². The molecule has 0 aliphatic carbocycles. The zero-order valence-electron chi connectivity index (χ0n) is 11.3. The molecule has 1 aliphatic rings. The van der Waals surface area contributed by atoms with E-state index in [1.165, 1.54) is 49.0 Å². The summed E-state index contributed by atoms with van der Waals surface area (Å²) in [7, 11) is 4.20. The number of fused-ring (bicyclic) bond motifs is 1. The molecule has 1 atom stereocenters. The Kier molecular flexibility index (Phi) is 3.93. The Balaban J connectivity index is 2.06. The van der Waals surface area contributed by atoms with E-state index in [1.807, 2.05) is 0 Å². The summed E-state index contributed by atoms with van der Waals surface area (Å²) in [5, 5.41) is 3.68. The van der Waals surface area contributed by atoms with E-state index < -0.39 is 0 Å². The molecule has 0 radical (unpaired) electrons. The minimum Gasteiger partial charge on any atom is -0.382 e. The van der Waals surface area contributed by atoms with Gasteiger partial charge in [-0.05, 0) is 43.0 Å². The summed E-state index contributed by atoms with van der Waals surface area (Å²) in [6.07, 6.45) is 6.45. The van der Waals surface area contributed by atoms with Crippen molar-refractivity contribution in [3.63, 3.8) is 0 Å². The topological polar surface area (TPSA) is 15.3 Å². The third-order valence-corrected chi connectivity index (χ3v) is 3.63. The molecular weight excluding hydrogens is 208 g/mol. The zero-order chi connectivity index (χ0) is 12.3. The Bertz CT molecular complexity index is 371. The van der Waals surface area contributed by atoms with Crippen LogP contribution in [0.4, 0.5) is 11.4 Å². The van der Waals surface area contributed by atoms with Crippen LogP contribution in [0.2, 0.25) is 0 Å². The number of rotatable bonds is 4. The van der Waals surface area contributed by atoms with Gasteiger partial charge in [-0.25, -0.2) is 0 Å². The predicted molar refractivity (Wildman–Crippen MR) is 76.0 cm³/mol. The zero-order valence-corrected chi connectivity index (χ0v) is 11.3. The van der Waals surface area contributed by atoms with Gasteiger partial charge in [-0.15, -0.1) is 0 Å². The normalized spacial score (nSPS) is 18.4. The third-order valence-electron chi connectivity index (χ3n) is 3.63. The molecule has 1 N–H and O–H groups in total. The van der Waals surface area contributed by atoms with Crippen LogP contribution in [0.1, 0.15) is 38.2 Å². The number of aryl methyl sites for hydroxylation is 1. The van der Waals surface area contributed by atoms with Crippen molar-refractivity contribution in [1.82, 2.24) is 0 Å². The first-order valence-corrected chi connectivity index (χ1v) is 6.77. The lowest BCUT2D eigenvalue weighted by molar-refractivity contribution is 0.558. The second-order valence-electron chi connectivity index (χ2n) is 5.26. The molecule has 0 amide bonds. The molecule has 17 heavy (non-hydrogen) atoms. The molecule has 1 aliphatic heterocycles. The summed E-state index contributed by atoms with van der Waals surface area (Å²) in [4.78, 5) is 2.17. The highest BCUT2D eigenvalue weighted by molar-refractivity contribution is 5.61. The number of benzene rings is 1. The Morgan fingerprint density at radius 3 is 2.88 bits per heavy atom. The molecule has 2 heteroatoms. The van der Waals surface area contributed by atoms with E-state index in [2.05, 4.69) is 49.4 Å². The summed E-state index contributed by atoms with van der Waals surface area (Å²) < 4.78 is 0. The SMILES string of the molecule is CCCCC1CCc2cc(N(C)C)ccc2N1. The standard InChI is InChI=1S/C15H24N2/c1-4-5-6-13-8-7-12-11-14(17(2)3)9-10-15(12)16-13/h9-11,13,16H,4-8H2,1-3H3. The van der Waals surface area contributed by atoms with Crippen LogP contribution < -0.4 is 10.2 Å². The lowest BCUT2D eigenvalue weighted by Gasteiger charge is -2.28. The van der Waals surface area contributed by atoms with E-state index in [0.29, 0.717) is 6.04 Å². The summed E-state index contributed by atoms with van der Waals surface area (Å²) in [6, 6.07) is 7.45. The van der Waals surface area contributed by atoms with Crippen LogP contribution in [-0.2, 0) is 6.42 Å². The van der Waals surface area contributed by atoms with Gasteiger partial charge in [0, 0.05) is 31.5 Å². The second kappa shape index (κ2) is 5.44. The Morgan fingerprint density at radius 1 is 1.35 bits per heavy atom. The maximum Gasteiger partial charge on any atom is 0.0376 e. The van der Waals surface area contributed by atoms with Gasteiger partial charge in [0.25, 0.3) is 0 Å². The Hall–Kier alpha value is -1.18. The Labute approximate surface area is 105 Å². The van der Waals surface area contributed by atoms with Crippen molar-refractivity contribution in [2.45, 2.75) is 45.1 Å². The smallest absolute Gasteiger partial charge is 0.0376 e. The number of nitrogens with zero attached hydrogens (tertiary/aromatic N) is 1. The lowest BCUT2D eigenvalue weighted by Crippen LogP contribution is -2.25. The van der Waals surface area contributed by atoms with Gasteiger partial charge in [0.2, 0.25) is 0 Å². The summed E-state index contributed by atoms with van der Waals surface area (Å²) in [6.45, 7) is 2.26. The van der Waals surface area contributed by atoms with Crippen LogP contribution in [0, 0.1) is 0 Å². The largest absolute Gasteiger partial charge is 0.382 e. The molecule has 1 aromatic rings. The third kappa shape index (κ3) is 2.93. The van der Waals surface area contributed by atoms with E-state index in [0.717, 1.165) is 0 Å². The molecule has 0 aromatic heterocycles.